The van der Waals surface area contributed by atoms with Crippen LogP contribution in [0.5, 0.6) is 17.2 Å². The van der Waals surface area contributed by atoms with Gasteiger partial charge in [0, 0.05) is 18.8 Å². The van der Waals surface area contributed by atoms with Crippen LogP contribution in [0.3, 0.4) is 0 Å². The van der Waals surface area contributed by atoms with Crippen molar-refractivity contribution in [1.29, 1.82) is 0 Å². The number of aromatic nitrogens is 4. The summed E-state index contributed by atoms with van der Waals surface area (Å²) in [5.41, 5.74) is 0.962. The number of rotatable bonds is 6. The molecule has 0 unspecified atom stereocenters. The first-order valence-electron chi connectivity index (χ1n) is 7.56. The molecule has 0 aliphatic heterocycles. The minimum atomic E-state index is -0.00449. The Bertz CT molecular complexity index is 801. The van der Waals surface area contributed by atoms with Gasteiger partial charge in [-0.3, -0.25) is 0 Å². The van der Waals surface area contributed by atoms with E-state index in [-0.39, 0.29) is 6.04 Å². The second-order valence-electron chi connectivity index (χ2n) is 5.33. The maximum absolute atomic E-state index is 5.83. The van der Waals surface area contributed by atoms with Gasteiger partial charge in [0.1, 0.15) is 17.2 Å². The van der Waals surface area contributed by atoms with Crippen LogP contribution < -0.4 is 14.8 Å². The molecule has 0 aliphatic carbocycles. The lowest BCUT2D eigenvalue weighted by Crippen LogP contribution is -2.12. The van der Waals surface area contributed by atoms with Crippen LogP contribution in [-0.2, 0) is 7.05 Å². The molecular weight excluding hydrogens is 306 g/mol. The summed E-state index contributed by atoms with van der Waals surface area (Å²) in [7, 11) is 3.45. The summed E-state index contributed by atoms with van der Waals surface area (Å²) in [6, 6.07) is 15.2. The quantitative estimate of drug-likeness (QED) is 0.750. The van der Waals surface area contributed by atoms with E-state index in [1.165, 1.54) is 0 Å². The van der Waals surface area contributed by atoms with E-state index in [4.69, 9.17) is 9.47 Å². The molecule has 7 heteroatoms. The molecule has 1 aromatic heterocycles. The molecule has 1 atom stereocenters. The van der Waals surface area contributed by atoms with Gasteiger partial charge in [0.15, 0.2) is 5.82 Å². The molecule has 7 nitrogen and oxygen atoms in total. The summed E-state index contributed by atoms with van der Waals surface area (Å²) in [6.07, 6.45) is 0. The molecular formula is C17H19N5O2. The predicted molar refractivity (Wildman–Crippen MR) is 90.3 cm³/mol. The SMILES string of the molecule is COc1cccc(Oc2ccc(N[C@H](C)c3nnnn3C)cc2)c1. The molecule has 124 valence electrons. The highest BCUT2D eigenvalue weighted by Crippen LogP contribution is 2.26. The molecule has 0 saturated heterocycles. The maximum atomic E-state index is 5.83. The van der Waals surface area contributed by atoms with Crippen LogP contribution in [-0.4, -0.2) is 27.3 Å². The largest absolute Gasteiger partial charge is 0.497 e. The summed E-state index contributed by atoms with van der Waals surface area (Å²) in [4.78, 5) is 0. The van der Waals surface area contributed by atoms with E-state index in [2.05, 4.69) is 20.8 Å². The number of methoxy groups -OCH3 is 1. The van der Waals surface area contributed by atoms with Crippen molar-refractivity contribution in [3.8, 4) is 17.2 Å². The van der Waals surface area contributed by atoms with Gasteiger partial charge in [0.2, 0.25) is 0 Å². The summed E-state index contributed by atoms with van der Waals surface area (Å²) in [5, 5.41) is 14.9. The Morgan fingerprint density at radius 3 is 2.46 bits per heavy atom. The molecule has 0 spiro atoms. The second-order valence-corrected chi connectivity index (χ2v) is 5.33. The van der Waals surface area contributed by atoms with Crippen LogP contribution in [0.4, 0.5) is 5.69 Å². The third kappa shape index (κ3) is 3.62. The van der Waals surface area contributed by atoms with Gasteiger partial charge < -0.3 is 14.8 Å². The number of aryl methyl sites for hydroxylation is 1. The van der Waals surface area contributed by atoms with Crippen LogP contribution in [0.2, 0.25) is 0 Å². The number of ether oxygens (including phenoxy) is 2. The molecule has 0 aliphatic rings. The van der Waals surface area contributed by atoms with Crippen molar-refractivity contribution >= 4 is 5.69 Å². The average Bonchev–Trinajstić information content (AvgIpc) is 3.03. The molecule has 0 bridgehead atoms. The van der Waals surface area contributed by atoms with Crippen LogP contribution in [0.25, 0.3) is 0 Å². The van der Waals surface area contributed by atoms with Crippen molar-refractivity contribution in [3.63, 3.8) is 0 Å². The van der Waals surface area contributed by atoms with E-state index in [0.717, 1.165) is 28.8 Å². The van der Waals surface area contributed by atoms with Gasteiger partial charge in [-0.25, -0.2) is 4.68 Å². The highest BCUT2D eigenvalue weighted by atomic mass is 16.5. The Kier molecular flexibility index (Phi) is 4.60. The summed E-state index contributed by atoms with van der Waals surface area (Å²) < 4.78 is 12.7. The van der Waals surface area contributed by atoms with Crippen LogP contribution in [0, 0.1) is 0 Å². The fraction of sp³-hybridized carbons (Fsp3) is 0.235. The van der Waals surface area contributed by atoms with E-state index in [9.17, 15) is 0 Å². The van der Waals surface area contributed by atoms with E-state index in [1.807, 2.05) is 62.5 Å². The zero-order valence-corrected chi connectivity index (χ0v) is 13.8. The molecule has 0 saturated carbocycles. The van der Waals surface area contributed by atoms with Crippen molar-refractivity contribution < 1.29 is 9.47 Å². The summed E-state index contributed by atoms with van der Waals surface area (Å²) >= 11 is 0. The van der Waals surface area contributed by atoms with Crippen molar-refractivity contribution in [2.75, 3.05) is 12.4 Å². The molecule has 3 aromatic rings. The summed E-state index contributed by atoms with van der Waals surface area (Å²) in [5.74, 6) is 3.01. The third-order valence-corrected chi connectivity index (χ3v) is 3.55. The number of hydrogen-bond acceptors (Lipinski definition) is 6. The normalized spacial score (nSPS) is 11.8. The minimum absolute atomic E-state index is 0.00449. The van der Waals surface area contributed by atoms with Gasteiger partial charge in [-0.1, -0.05) is 6.07 Å². The van der Waals surface area contributed by atoms with Gasteiger partial charge in [-0.15, -0.1) is 5.10 Å². The van der Waals surface area contributed by atoms with Gasteiger partial charge in [0.05, 0.1) is 13.2 Å². The van der Waals surface area contributed by atoms with Crippen LogP contribution in [0.1, 0.15) is 18.8 Å². The number of nitrogens with zero attached hydrogens (tertiary/aromatic N) is 4. The van der Waals surface area contributed by atoms with Crippen molar-refractivity contribution in [2.45, 2.75) is 13.0 Å². The Morgan fingerprint density at radius 2 is 1.79 bits per heavy atom. The smallest absolute Gasteiger partial charge is 0.173 e. The third-order valence-electron chi connectivity index (χ3n) is 3.55. The first kappa shape index (κ1) is 15.8. The van der Waals surface area contributed by atoms with Crippen LogP contribution in [0.15, 0.2) is 48.5 Å². The van der Waals surface area contributed by atoms with Gasteiger partial charge in [-0.05, 0) is 53.7 Å². The van der Waals surface area contributed by atoms with E-state index in [1.54, 1.807) is 11.8 Å². The number of nitrogens with one attached hydrogen (secondary N) is 1. The number of benzene rings is 2. The van der Waals surface area contributed by atoms with Gasteiger partial charge >= 0.3 is 0 Å². The molecule has 1 N–H and O–H groups in total. The molecule has 0 amide bonds. The molecule has 2 aromatic carbocycles. The van der Waals surface area contributed by atoms with Crippen molar-refractivity contribution in [1.82, 2.24) is 20.2 Å². The van der Waals surface area contributed by atoms with Crippen molar-refractivity contribution in [3.05, 3.63) is 54.4 Å². The summed E-state index contributed by atoms with van der Waals surface area (Å²) in [6.45, 7) is 2.01. The highest BCUT2D eigenvalue weighted by Gasteiger charge is 2.12. The topological polar surface area (TPSA) is 74.1 Å². The number of anilines is 1. The predicted octanol–water partition coefficient (Wildman–Crippen LogP) is 3.18. The van der Waals surface area contributed by atoms with E-state index >= 15 is 0 Å². The average molecular weight is 325 g/mol. The Hall–Kier alpha value is -3.09. The fourth-order valence-electron chi connectivity index (χ4n) is 2.34. The number of hydrogen-bond donors (Lipinski definition) is 1. The number of tetrazole rings is 1. The lowest BCUT2D eigenvalue weighted by Gasteiger charge is -2.14. The molecule has 3 rings (SSSR count). The standard InChI is InChI=1S/C17H19N5O2/c1-12(17-19-20-21-22(17)2)18-13-7-9-14(10-8-13)24-16-6-4-5-15(11-16)23-3/h4-12,18H,1-3H3/t12-/m1/s1. The first-order valence-corrected chi connectivity index (χ1v) is 7.56. The first-order chi connectivity index (χ1) is 11.7. The zero-order valence-electron chi connectivity index (χ0n) is 13.8. The lowest BCUT2D eigenvalue weighted by molar-refractivity contribution is 0.409. The molecule has 24 heavy (non-hydrogen) atoms. The monoisotopic (exact) mass is 325 g/mol. The van der Waals surface area contributed by atoms with Gasteiger partial charge in [0.25, 0.3) is 0 Å². The lowest BCUT2D eigenvalue weighted by atomic mass is 10.2. The minimum Gasteiger partial charge on any atom is -0.497 e. The van der Waals surface area contributed by atoms with E-state index < -0.39 is 0 Å². The van der Waals surface area contributed by atoms with E-state index in [0.29, 0.717) is 0 Å². The zero-order chi connectivity index (χ0) is 16.9. The molecule has 0 fully saturated rings. The fourth-order valence-corrected chi connectivity index (χ4v) is 2.34. The second kappa shape index (κ2) is 6.99. The Balaban J connectivity index is 1.66. The highest BCUT2D eigenvalue weighted by molar-refractivity contribution is 5.48. The van der Waals surface area contributed by atoms with Crippen LogP contribution >= 0.6 is 0 Å². The maximum Gasteiger partial charge on any atom is 0.173 e. The van der Waals surface area contributed by atoms with Gasteiger partial charge in [-0.2, -0.15) is 0 Å². The molecule has 1 heterocycles. The molecule has 0 radical (unpaired) electrons. The Labute approximate surface area is 140 Å². The van der Waals surface area contributed by atoms with Crippen molar-refractivity contribution in [2.24, 2.45) is 7.05 Å². The Morgan fingerprint density at radius 1 is 1.04 bits per heavy atom.